The first-order valence-electron chi connectivity index (χ1n) is 9.85. The lowest BCUT2D eigenvalue weighted by Crippen LogP contribution is -2.43. The molecule has 2 aromatic heterocycles. The number of carbonyl (C=O) groups excluding carboxylic acids is 2. The van der Waals surface area contributed by atoms with Crippen LogP contribution in [0.25, 0.3) is 10.9 Å². The number of rotatable bonds is 5. The number of halogens is 1. The third-order valence-electron chi connectivity index (χ3n) is 5.20. The van der Waals surface area contributed by atoms with E-state index in [1.807, 2.05) is 30.3 Å². The monoisotopic (exact) mass is 440 g/mol. The highest BCUT2D eigenvalue weighted by Crippen LogP contribution is 2.19. The number of hydrogen-bond acceptors (Lipinski definition) is 5. The highest BCUT2D eigenvalue weighted by Gasteiger charge is 2.32. The van der Waals surface area contributed by atoms with Crippen LogP contribution in [0, 0.1) is 0 Å². The molecule has 1 aliphatic rings. The molecule has 2 amide bonds. The van der Waals surface area contributed by atoms with Crippen LogP contribution in [0.1, 0.15) is 22.5 Å². The number of pyridine rings is 1. The second kappa shape index (κ2) is 8.97. The molecular weight excluding hydrogens is 420 g/mol. The molecule has 8 nitrogen and oxygen atoms in total. The van der Waals surface area contributed by atoms with Crippen molar-refractivity contribution in [1.82, 2.24) is 14.9 Å². The van der Waals surface area contributed by atoms with E-state index in [2.05, 4.69) is 15.0 Å². The molecule has 1 fully saturated rings. The number of likely N-dealkylation sites (tertiary alicyclic amines) is 1. The number of aliphatic imine (C=N–C) groups is 1. The van der Waals surface area contributed by atoms with Gasteiger partial charge in [-0.15, -0.1) is 0 Å². The van der Waals surface area contributed by atoms with Gasteiger partial charge in [-0.05, 0) is 24.1 Å². The number of β-amino-alcohol motifs (C(OH)–C–C–N with tert-alkyl or cyclic N) is 1. The van der Waals surface area contributed by atoms with Gasteiger partial charge in [-0.1, -0.05) is 41.9 Å². The maximum atomic E-state index is 12.9. The summed E-state index contributed by atoms with van der Waals surface area (Å²) in [5.41, 5.74) is 1.66. The molecule has 0 bridgehead atoms. The molecular formula is C22H21ClN4O4. The molecule has 0 spiro atoms. The minimum Gasteiger partial charge on any atom is -0.391 e. The van der Waals surface area contributed by atoms with Crippen molar-refractivity contribution in [3.05, 3.63) is 65.1 Å². The van der Waals surface area contributed by atoms with E-state index in [9.17, 15) is 19.8 Å². The van der Waals surface area contributed by atoms with Crippen molar-refractivity contribution < 1.29 is 19.8 Å². The van der Waals surface area contributed by atoms with Gasteiger partial charge in [0.05, 0.1) is 23.5 Å². The lowest BCUT2D eigenvalue weighted by atomic mass is 10.0. The Balaban J connectivity index is 1.64. The van der Waals surface area contributed by atoms with Crippen molar-refractivity contribution >= 4 is 40.0 Å². The number of amides is 2. The van der Waals surface area contributed by atoms with E-state index in [-0.39, 0.29) is 24.4 Å². The molecule has 3 N–H and O–H groups in total. The number of aliphatic hydroxyl groups excluding tert-OH is 2. The van der Waals surface area contributed by atoms with Gasteiger partial charge >= 0.3 is 0 Å². The van der Waals surface area contributed by atoms with Gasteiger partial charge in [0.15, 0.2) is 6.10 Å². The lowest BCUT2D eigenvalue weighted by Gasteiger charge is -2.21. The number of H-pyrrole nitrogens is 1. The van der Waals surface area contributed by atoms with Crippen molar-refractivity contribution in [1.29, 1.82) is 0 Å². The highest BCUT2D eigenvalue weighted by atomic mass is 35.5. The predicted octanol–water partition coefficient (Wildman–Crippen LogP) is 1.99. The first-order chi connectivity index (χ1) is 14.9. The summed E-state index contributed by atoms with van der Waals surface area (Å²) in [7, 11) is 0. The zero-order valence-corrected chi connectivity index (χ0v) is 17.3. The Bertz CT molecular complexity index is 1140. The average Bonchev–Trinajstić information content (AvgIpc) is 3.38. The van der Waals surface area contributed by atoms with E-state index in [0.29, 0.717) is 29.0 Å². The highest BCUT2D eigenvalue weighted by molar-refractivity contribution is 6.30. The minimum absolute atomic E-state index is 0.0393. The first kappa shape index (κ1) is 21.2. The normalized spacial score (nSPS) is 17.8. The molecule has 0 unspecified atom stereocenters. The van der Waals surface area contributed by atoms with E-state index in [1.165, 1.54) is 11.1 Å². The van der Waals surface area contributed by atoms with Crippen molar-refractivity contribution in [3.8, 4) is 0 Å². The van der Waals surface area contributed by atoms with Gasteiger partial charge in [-0.2, -0.15) is 0 Å². The summed E-state index contributed by atoms with van der Waals surface area (Å²) >= 11 is 5.90. The van der Waals surface area contributed by atoms with Crippen molar-refractivity contribution in [2.45, 2.75) is 25.0 Å². The summed E-state index contributed by atoms with van der Waals surface area (Å²) in [4.78, 5) is 38.0. The van der Waals surface area contributed by atoms with E-state index in [0.717, 1.165) is 5.56 Å². The van der Waals surface area contributed by atoms with Crippen LogP contribution in [0.4, 0.5) is 0 Å². The largest absolute Gasteiger partial charge is 0.391 e. The van der Waals surface area contributed by atoms with Gasteiger partial charge in [-0.25, -0.2) is 9.98 Å². The fraction of sp³-hybridized carbons (Fsp3) is 0.273. The summed E-state index contributed by atoms with van der Waals surface area (Å²) in [6.07, 6.45) is -0.105. The summed E-state index contributed by atoms with van der Waals surface area (Å²) in [5, 5.41) is 21.5. The maximum Gasteiger partial charge on any atom is 0.293 e. The summed E-state index contributed by atoms with van der Waals surface area (Å²) in [5.74, 6) is -1.20. The summed E-state index contributed by atoms with van der Waals surface area (Å²) in [6, 6.07) is 12.4. The van der Waals surface area contributed by atoms with Crippen LogP contribution in [-0.4, -0.2) is 67.9 Å². The number of aromatic amines is 1. The number of carbonyl (C=O) groups is 2. The van der Waals surface area contributed by atoms with Gasteiger partial charge < -0.3 is 20.1 Å². The Morgan fingerprint density at radius 1 is 1.29 bits per heavy atom. The third-order valence-corrected chi connectivity index (χ3v) is 5.41. The third kappa shape index (κ3) is 4.82. The standard InChI is InChI=1S/C22H21ClN4O4/c23-19-10-14-9-17(25-18(14)11-24-19)21(30)26-16(8-13-4-2-1-3-5-13)20(29)22(31)27-7-6-15(28)12-27/h1-5,9-11,15,20,25,28-29H,6-8,12H2/t15-,20-/m1/s1. The second-order valence-electron chi connectivity index (χ2n) is 7.48. The van der Waals surface area contributed by atoms with Crippen LogP contribution in [0.3, 0.4) is 0 Å². The van der Waals surface area contributed by atoms with Crippen LogP contribution in [0.2, 0.25) is 5.15 Å². The van der Waals surface area contributed by atoms with Crippen LogP contribution in [-0.2, 0) is 11.2 Å². The van der Waals surface area contributed by atoms with Gasteiger partial charge in [0.2, 0.25) is 0 Å². The molecule has 1 aromatic carbocycles. The molecule has 1 saturated heterocycles. The smallest absolute Gasteiger partial charge is 0.293 e. The quantitative estimate of drug-likeness (QED) is 0.414. The van der Waals surface area contributed by atoms with E-state index >= 15 is 0 Å². The number of aliphatic hydroxyl groups is 2. The number of fused-ring (bicyclic) bond motifs is 1. The van der Waals surface area contributed by atoms with Gasteiger partial charge in [-0.3, -0.25) is 9.59 Å². The predicted molar refractivity (Wildman–Crippen MR) is 116 cm³/mol. The molecule has 3 heterocycles. The number of hydrogen-bond donors (Lipinski definition) is 3. The molecule has 4 rings (SSSR count). The second-order valence-corrected chi connectivity index (χ2v) is 7.86. The maximum absolute atomic E-state index is 12.9. The molecule has 0 saturated carbocycles. The molecule has 9 heteroatoms. The number of nitrogens with one attached hydrogen (secondary N) is 1. The van der Waals surface area contributed by atoms with Crippen LogP contribution >= 0.6 is 11.6 Å². The van der Waals surface area contributed by atoms with Crippen molar-refractivity contribution in [2.24, 2.45) is 4.99 Å². The Hall–Kier alpha value is -3.07. The van der Waals surface area contributed by atoms with Crippen molar-refractivity contribution in [2.75, 3.05) is 13.1 Å². The Labute approximate surface area is 183 Å². The van der Waals surface area contributed by atoms with E-state index < -0.39 is 24.0 Å². The Morgan fingerprint density at radius 3 is 2.77 bits per heavy atom. The number of aromatic nitrogens is 2. The SMILES string of the molecule is O=C(N=C(Cc1ccccc1)[C@@H](O)C(=O)N1CC[C@@H](O)C1)c1cc2cc(Cl)ncc2[nH]1. The number of nitrogens with zero attached hydrogens (tertiary/aromatic N) is 3. The average molecular weight is 441 g/mol. The number of benzene rings is 1. The zero-order chi connectivity index (χ0) is 22.0. The first-order valence-corrected chi connectivity index (χ1v) is 10.2. The fourth-order valence-corrected chi connectivity index (χ4v) is 3.74. The Kier molecular flexibility index (Phi) is 6.13. The van der Waals surface area contributed by atoms with Gasteiger partial charge in [0, 0.05) is 24.9 Å². The van der Waals surface area contributed by atoms with Crippen molar-refractivity contribution in [3.63, 3.8) is 0 Å². The van der Waals surface area contributed by atoms with Crippen LogP contribution < -0.4 is 0 Å². The molecule has 0 aliphatic carbocycles. The molecule has 1 aliphatic heterocycles. The molecule has 2 atom stereocenters. The van der Waals surface area contributed by atoms with E-state index in [4.69, 9.17) is 11.6 Å². The fourth-order valence-electron chi connectivity index (χ4n) is 3.57. The summed E-state index contributed by atoms with van der Waals surface area (Å²) < 4.78 is 0. The van der Waals surface area contributed by atoms with Crippen LogP contribution in [0.15, 0.2) is 53.7 Å². The molecule has 3 aromatic rings. The van der Waals surface area contributed by atoms with Gasteiger partial charge in [0.25, 0.3) is 11.8 Å². The zero-order valence-electron chi connectivity index (χ0n) is 16.5. The van der Waals surface area contributed by atoms with Gasteiger partial charge in [0.1, 0.15) is 10.8 Å². The minimum atomic E-state index is -1.59. The molecule has 31 heavy (non-hydrogen) atoms. The lowest BCUT2D eigenvalue weighted by molar-refractivity contribution is -0.136. The van der Waals surface area contributed by atoms with E-state index in [1.54, 1.807) is 12.1 Å². The Morgan fingerprint density at radius 2 is 2.06 bits per heavy atom. The summed E-state index contributed by atoms with van der Waals surface area (Å²) in [6.45, 7) is 0.498. The molecule has 0 radical (unpaired) electrons. The molecule has 160 valence electrons. The topological polar surface area (TPSA) is 119 Å². The van der Waals surface area contributed by atoms with Crippen LogP contribution in [0.5, 0.6) is 0 Å².